The van der Waals surface area contributed by atoms with Gasteiger partial charge < -0.3 is 4.74 Å². The summed E-state index contributed by atoms with van der Waals surface area (Å²) in [6, 6.07) is 8.78. The van der Waals surface area contributed by atoms with Crippen LogP contribution in [0.25, 0.3) is 4.85 Å². The van der Waals surface area contributed by atoms with Crippen LogP contribution in [0.15, 0.2) is 30.3 Å². The van der Waals surface area contributed by atoms with E-state index in [2.05, 4.69) is 4.85 Å². The topological polar surface area (TPSA) is 51.0 Å². The minimum atomic E-state index is -1.10. The number of hydrogen-bond donors (Lipinski definition) is 0. The van der Waals surface area contributed by atoms with Gasteiger partial charge in [-0.2, -0.15) is 0 Å². The maximum atomic E-state index is 12.6. The number of amides is 1. The number of carbonyl (C=O) groups is 2. The third-order valence-electron chi connectivity index (χ3n) is 4.40. The first-order chi connectivity index (χ1) is 11.4. The lowest BCUT2D eigenvalue weighted by atomic mass is 9.96. The van der Waals surface area contributed by atoms with Crippen LogP contribution in [0, 0.1) is 6.57 Å². The molecule has 0 aromatic heterocycles. The van der Waals surface area contributed by atoms with Gasteiger partial charge in [0.25, 0.3) is 0 Å². The number of thioether (sulfide) groups is 2. The Morgan fingerprint density at radius 3 is 2.67 bits per heavy atom. The largest absolute Gasteiger partial charge is 0.459 e. The summed E-state index contributed by atoms with van der Waals surface area (Å²) in [6.45, 7) is 11.4. The monoisotopic (exact) mass is 362 g/mol. The van der Waals surface area contributed by atoms with Gasteiger partial charge in [0.15, 0.2) is 5.37 Å². The van der Waals surface area contributed by atoms with Crippen LogP contribution < -0.4 is 0 Å². The van der Waals surface area contributed by atoms with Gasteiger partial charge in [0.05, 0.1) is 0 Å². The Bertz CT molecular complexity index is 716. The summed E-state index contributed by atoms with van der Waals surface area (Å²) in [5.74, 6) is -0.693. The average Bonchev–Trinajstić information content (AvgIpc) is 2.84. The molecule has 2 fully saturated rings. The van der Waals surface area contributed by atoms with Gasteiger partial charge in [-0.3, -0.25) is 14.5 Å². The summed E-state index contributed by atoms with van der Waals surface area (Å²) in [5, 5.41) is -0.304. The van der Waals surface area contributed by atoms with Gasteiger partial charge in [0.1, 0.15) is 12.6 Å². The second-order valence-electron chi connectivity index (χ2n) is 6.29. The zero-order valence-electron chi connectivity index (χ0n) is 13.7. The summed E-state index contributed by atoms with van der Waals surface area (Å²) in [4.78, 5) is 29.2. The van der Waals surface area contributed by atoms with Crippen molar-refractivity contribution in [2.45, 2.75) is 41.5 Å². The van der Waals surface area contributed by atoms with E-state index in [-0.39, 0.29) is 17.9 Å². The van der Waals surface area contributed by atoms with Crippen LogP contribution in [0.2, 0.25) is 0 Å². The summed E-state index contributed by atoms with van der Waals surface area (Å²) in [5.41, 5.74) is 0.903. The highest BCUT2D eigenvalue weighted by Gasteiger charge is 2.77. The first-order valence-corrected chi connectivity index (χ1v) is 9.63. The molecule has 5 nitrogen and oxygen atoms in total. The van der Waals surface area contributed by atoms with Crippen molar-refractivity contribution in [3.8, 4) is 0 Å². The lowest BCUT2D eigenvalue weighted by Crippen LogP contribution is -2.70. The van der Waals surface area contributed by atoms with Gasteiger partial charge in [-0.1, -0.05) is 42.1 Å². The molecule has 24 heavy (non-hydrogen) atoms. The molecular weight excluding hydrogens is 344 g/mol. The lowest BCUT2D eigenvalue weighted by Gasteiger charge is -2.43. The van der Waals surface area contributed by atoms with Crippen LogP contribution >= 0.6 is 23.5 Å². The van der Waals surface area contributed by atoms with Gasteiger partial charge in [-0.15, -0.1) is 11.8 Å². The van der Waals surface area contributed by atoms with E-state index in [1.54, 1.807) is 6.26 Å². The third kappa shape index (κ3) is 2.40. The second kappa shape index (κ2) is 6.01. The Morgan fingerprint density at radius 2 is 2.08 bits per heavy atom. The number of benzene rings is 1. The van der Waals surface area contributed by atoms with E-state index in [1.807, 2.05) is 44.2 Å². The van der Waals surface area contributed by atoms with E-state index in [9.17, 15) is 9.59 Å². The van der Waals surface area contributed by atoms with E-state index in [4.69, 9.17) is 11.3 Å². The predicted octanol–water partition coefficient (Wildman–Crippen LogP) is 2.77. The van der Waals surface area contributed by atoms with Crippen molar-refractivity contribution < 1.29 is 14.3 Å². The van der Waals surface area contributed by atoms with Crippen LogP contribution in [-0.2, 0) is 20.9 Å². The second-order valence-corrected chi connectivity index (χ2v) is 9.06. The SMILES string of the molecule is [C-]#[N+][C@]1(SC)C(=O)N2[C@@H](C(=O)OCc3ccccc3)C(C)(C)S[C@@H]21. The third-order valence-corrected chi connectivity index (χ3v) is 7.29. The van der Waals surface area contributed by atoms with Crippen molar-refractivity contribution in [1.29, 1.82) is 0 Å². The first kappa shape index (κ1) is 17.2. The number of nitrogens with zero attached hydrogens (tertiary/aromatic N) is 2. The molecule has 0 radical (unpaired) electrons. The zero-order chi connectivity index (χ0) is 17.5. The smallest absolute Gasteiger partial charge is 0.383 e. The first-order valence-electron chi connectivity index (χ1n) is 7.52. The molecule has 1 amide bonds. The number of ether oxygens (including phenoxy) is 1. The van der Waals surface area contributed by atoms with E-state index in [0.29, 0.717) is 0 Å². The van der Waals surface area contributed by atoms with Gasteiger partial charge in [-0.25, -0.2) is 11.4 Å². The average molecular weight is 362 g/mol. The van der Waals surface area contributed by atoms with E-state index < -0.39 is 21.6 Å². The molecule has 0 N–H and O–H groups in total. The molecule has 2 heterocycles. The fourth-order valence-corrected chi connectivity index (χ4v) is 5.82. The minimum Gasteiger partial charge on any atom is -0.459 e. The molecule has 0 spiro atoms. The van der Waals surface area contributed by atoms with Crippen LogP contribution in [0.5, 0.6) is 0 Å². The molecule has 2 saturated heterocycles. The van der Waals surface area contributed by atoms with Crippen molar-refractivity contribution >= 4 is 35.4 Å². The molecule has 3 rings (SSSR count). The molecule has 0 unspecified atom stereocenters. The van der Waals surface area contributed by atoms with Crippen LogP contribution in [-0.4, -0.2) is 44.1 Å². The molecule has 126 valence electrons. The minimum absolute atomic E-state index is 0.181. The Balaban J connectivity index is 1.77. The lowest BCUT2D eigenvalue weighted by molar-refractivity contribution is -0.163. The Morgan fingerprint density at radius 1 is 1.42 bits per heavy atom. The molecular formula is C17H18N2O3S2. The summed E-state index contributed by atoms with van der Waals surface area (Å²) in [7, 11) is 0. The van der Waals surface area contributed by atoms with Crippen molar-refractivity contribution in [3.05, 3.63) is 47.3 Å². The fraction of sp³-hybridized carbons (Fsp3) is 0.471. The molecule has 0 aliphatic carbocycles. The van der Waals surface area contributed by atoms with Crippen molar-refractivity contribution in [2.24, 2.45) is 0 Å². The van der Waals surface area contributed by atoms with Crippen molar-refractivity contribution in [3.63, 3.8) is 0 Å². The van der Waals surface area contributed by atoms with E-state index in [0.717, 1.165) is 5.56 Å². The number of fused-ring (bicyclic) bond motifs is 1. The van der Waals surface area contributed by atoms with Gasteiger partial charge in [0, 0.05) is 4.75 Å². The Kier molecular flexibility index (Phi) is 4.30. The molecule has 0 saturated carbocycles. The molecule has 3 atom stereocenters. The zero-order valence-corrected chi connectivity index (χ0v) is 15.3. The van der Waals surface area contributed by atoms with Crippen LogP contribution in [0.1, 0.15) is 19.4 Å². The summed E-state index contributed by atoms with van der Waals surface area (Å²) >= 11 is 2.76. The normalized spacial score (nSPS) is 30.2. The van der Waals surface area contributed by atoms with E-state index >= 15 is 0 Å². The van der Waals surface area contributed by atoms with Crippen LogP contribution in [0.3, 0.4) is 0 Å². The van der Waals surface area contributed by atoms with Crippen molar-refractivity contribution in [2.75, 3.05) is 6.26 Å². The fourth-order valence-electron chi connectivity index (χ4n) is 3.14. The highest BCUT2D eigenvalue weighted by molar-refractivity contribution is 8.05. The molecule has 2 aliphatic heterocycles. The molecule has 1 aromatic rings. The van der Waals surface area contributed by atoms with Gasteiger partial charge in [0.2, 0.25) is 0 Å². The maximum Gasteiger partial charge on any atom is 0.383 e. The quantitative estimate of drug-likeness (QED) is 0.468. The number of rotatable bonds is 4. The number of esters is 1. The standard InChI is InChI=1S/C17H18N2O3S2/c1-16(2)12(13(20)22-10-11-8-6-5-7-9-11)19-14(21)17(18-3,23-4)15(19)24-16/h5-9,12,15H,10H2,1-2,4H3/t12-,15+,17-/m0/s1. The highest BCUT2D eigenvalue weighted by atomic mass is 32.2. The molecule has 0 bridgehead atoms. The summed E-state index contributed by atoms with van der Waals surface area (Å²) in [6.07, 6.45) is 1.77. The molecule has 2 aliphatic rings. The summed E-state index contributed by atoms with van der Waals surface area (Å²) < 4.78 is 4.96. The predicted molar refractivity (Wildman–Crippen MR) is 95.2 cm³/mol. The van der Waals surface area contributed by atoms with Gasteiger partial charge in [-0.05, 0) is 25.7 Å². The maximum absolute atomic E-state index is 12.6. The Hall–Kier alpha value is -1.65. The number of hydrogen-bond acceptors (Lipinski definition) is 5. The van der Waals surface area contributed by atoms with Gasteiger partial charge >= 0.3 is 16.7 Å². The number of β-lactam (4-membered cyclic amide) rings is 1. The van der Waals surface area contributed by atoms with E-state index in [1.165, 1.54) is 28.4 Å². The highest BCUT2D eigenvalue weighted by Crippen LogP contribution is 2.59. The molecule has 7 heteroatoms. The molecule has 1 aromatic carbocycles. The van der Waals surface area contributed by atoms with Crippen LogP contribution in [0.4, 0.5) is 0 Å². The number of carbonyl (C=O) groups excluding carboxylic acids is 2. The van der Waals surface area contributed by atoms with Crippen molar-refractivity contribution in [1.82, 2.24) is 4.90 Å². The Labute approximate surface area is 149 Å².